The molecule has 0 spiro atoms. The van der Waals surface area contributed by atoms with Crippen LogP contribution >= 0.6 is 0 Å². The number of nitrogens with one attached hydrogen (secondary N) is 1. The Morgan fingerprint density at radius 3 is 1.44 bits per heavy atom. The summed E-state index contributed by atoms with van der Waals surface area (Å²) in [6, 6.07) is 0. The molecule has 0 atom stereocenters. The minimum absolute atomic E-state index is 0. The van der Waals surface area contributed by atoms with Crippen molar-refractivity contribution in [3.05, 3.63) is 0 Å². The molecule has 4 heteroatoms. The summed E-state index contributed by atoms with van der Waals surface area (Å²) >= 11 is 0. The van der Waals surface area contributed by atoms with E-state index in [0.717, 1.165) is 24.1 Å². The van der Waals surface area contributed by atoms with E-state index >= 15 is 0 Å². The number of likely N-dealkylation sites (N-methyl/N-ethyl adjacent to an activating group) is 1. The third-order valence-electron chi connectivity index (χ3n) is 5.53. The molecule has 0 saturated heterocycles. The Morgan fingerprint density at radius 1 is 0.593 bits per heavy atom. The molecule has 0 aliphatic rings. The number of halogens is 1. The fraction of sp³-hybridized carbons (Fsp3) is 1.00. The zero-order valence-corrected chi connectivity index (χ0v) is 19.7. The highest BCUT2D eigenvalue weighted by Gasteiger charge is 2.12. The molecule has 0 unspecified atom stereocenters. The smallest absolute Gasteiger partial charge is 0.102 e. The maximum atomic E-state index is 9.02. The van der Waals surface area contributed by atoms with E-state index in [0.29, 0.717) is 6.61 Å². The van der Waals surface area contributed by atoms with E-state index in [-0.39, 0.29) is 12.4 Å². The van der Waals surface area contributed by atoms with Crippen LogP contribution in [0, 0.1) is 0 Å². The normalized spacial score (nSPS) is 11.6. The first kappa shape index (κ1) is 29.4. The van der Waals surface area contributed by atoms with Crippen LogP contribution < -0.4 is 17.7 Å². The second kappa shape index (κ2) is 22.5. The lowest BCUT2D eigenvalue weighted by Crippen LogP contribution is -3.00. The monoisotopic (exact) mass is 406 g/mol. The van der Waals surface area contributed by atoms with Crippen LogP contribution in [0.4, 0.5) is 0 Å². The maximum absolute atomic E-state index is 9.02. The second-order valence-corrected chi connectivity index (χ2v) is 8.81. The van der Waals surface area contributed by atoms with Crippen molar-refractivity contribution in [3.8, 4) is 0 Å². The van der Waals surface area contributed by atoms with Gasteiger partial charge in [0.2, 0.25) is 0 Å². The number of nitrogens with zero attached hydrogens (tertiary/aromatic N) is 1. The molecule has 0 bridgehead atoms. The van der Waals surface area contributed by atoms with E-state index in [4.69, 9.17) is 5.11 Å². The summed E-state index contributed by atoms with van der Waals surface area (Å²) in [5.41, 5.74) is 0. The number of unbranched alkanes of at least 4 members (excludes halogenated alkanes) is 13. The van der Waals surface area contributed by atoms with Crippen molar-refractivity contribution < 1.29 is 22.0 Å². The Balaban J connectivity index is 0. The van der Waals surface area contributed by atoms with Crippen LogP contribution in [0.1, 0.15) is 103 Å². The van der Waals surface area contributed by atoms with Crippen molar-refractivity contribution in [2.75, 3.05) is 46.9 Å². The number of hydrogen-bond donors (Lipinski definition) is 2. The van der Waals surface area contributed by atoms with Crippen LogP contribution in [0.5, 0.6) is 0 Å². The zero-order valence-electron chi connectivity index (χ0n) is 18.9. The molecule has 0 rings (SSSR count). The molecule has 3 nitrogen and oxygen atoms in total. The molecule has 0 fully saturated rings. The largest absolute Gasteiger partial charge is 1.00 e. The van der Waals surface area contributed by atoms with Crippen LogP contribution in [-0.4, -0.2) is 56.5 Å². The fourth-order valence-corrected chi connectivity index (χ4v) is 3.58. The molecule has 0 amide bonds. The van der Waals surface area contributed by atoms with Gasteiger partial charge in [-0.25, -0.2) is 0 Å². The lowest BCUT2D eigenvalue weighted by atomic mass is 10.0. The van der Waals surface area contributed by atoms with Gasteiger partial charge in [0.25, 0.3) is 0 Å². The van der Waals surface area contributed by atoms with E-state index in [1.54, 1.807) is 0 Å². The number of aliphatic hydroxyl groups excluding tert-OH is 1. The van der Waals surface area contributed by atoms with Crippen LogP contribution in [0.15, 0.2) is 0 Å². The minimum Gasteiger partial charge on any atom is -1.00 e. The average molecular weight is 407 g/mol. The Labute approximate surface area is 177 Å². The van der Waals surface area contributed by atoms with E-state index < -0.39 is 0 Å². The number of quaternary nitrogens is 1. The van der Waals surface area contributed by atoms with Gasteiger partial charge in [0.15, 0.2) is 0 Å². The van der Waals surface area contributed by atoms with E-state index in [1.807, 2.05) is 0 Å². The molecule has 0 aromatic carbocycles. The molecule has 0 heterocycles. The van der Waals surface area contributed by atoms with Gasteiger partial charge in [-0.05, 0) is 13.0 Å². The van der Waals surface area contributed by atoms with Crippen molar-refractivity contribution in [2.45, 2.75) is 103 Å². The molecule has 27 heavy (non-hydrogen) atoms. The summed E-state index contributed by atoms with van der Waals surface area (Å²) in [7, 11) is 4.40. The van der Waals surface area contributed by atoms with Crippen molar-refractivity contribution >= 4 is 0 Å². The average Bonchev–Trinajstić information content (AvgIpc) is 2.60. The number of hydrogen-bond acceptors (Lipinski definition) is 2. The summed E-state index contributed by atoms with van der Waals surface area (Å²) in [6.07, 6.45) is 21.2. The molecule has 0 radical (unpaired) electrons. The molecular weight excluding hydrogens is 356 g/mol. The topological polar surface area (TPSA) is 32.3 Å². The summed E-state index contributed by atoms with van der Waals surface area (Å²) in [4.78, 5) is 0. The third-order valence-corrected chi connectivity index (χ3v) is 5.53. The van der Waals surface area contributed by atoms with Crippen molar-refractivity contribution in [3.63, 3.8) is 0 Å². The number of rotatable bonds is 21. The van der Waals surface area contributed by atoms with Gasteiger partial charge in [-0.1, -0.05) is 90.4 Å². The Kier molecular flexibility index (Phi) is 24.4. The van der Waals surface area contributed by atoms with Crippen LogP contribution in [0.2, 0.25) is 0 Å². The first-order chi connectivity index (χ1) is 12.6. The molecule has 0 aliphatic carbocycles. The molecule has 0 aromatic heterocycles. The minimum atomic E-state index is 0. The van der Waals surface area contributed by atoms with E-state index in [9.17, 15) is 0 Å². The SMILES string of the molecule is CCCCCCCCCCCCCCCCNCCC[N+](C)(C)CCO.[Cl-]. The predicted octanol–water partition coefficient (Wildman–Crippen LogP) is 2.52. The Morgan fingerprint density at radius 2 is 1.00 bits per heavy atom. The quantitative estimate of drug-likeness (QED) is 0.227. The third kappa shape index (κ3) is 24.1. The van der Waals surface area contributed by atoms with Crippen LogP contribution in [0.3, 0.4) is 0 Å². The Hall–Kier alpha value is 0.170. The summed E-state index contributed by atoms with van der Waals surface area (Å²) in [5.74, 6) is 0. The fourth-order valence-electron chi connectivity index (χ4n) is 3.58. The zero-order chi connectivity index (χ0) is 19.3. The van der Waals surface area contributed by atoms with Crippen LogP contribution in [0.25, 0.3) is 0 Å². The molecule has 2 N–H and O–H groups in total. The predicted molar refractivity (Wildman–Crippen MR) is 117 cm³/mol. The van der Waals surface area contributed by atoms with Crippen LogP contribution in [-0.2, 0) is 0 Å². The molecule has 0 aliphatic heterocycles. The maximum Gasteiger partial charge on any atom is 0.102 e. The summed E-state index contributed by atoms with van der Waals surface area (Å²) in [5, 5.41) is 12.6. The van der Waals surface area contributed by atoms with Gasteiger partial charge in [-0.2, -0.15) is 0 Å². The first-order valence-electron chi connectivity index (χ1n) is 11.8. The van der Waals surface area contributed by atoms with Gasteiger partial charge < -0.3 is 27.3 Å². The van der Waals surface area contributed by atoms with Crippen molar-refractivity contribution in [2.24, 2.45) is 0 Å². The van der Waals surface area contributed by atoms with Gasteiger partial charge in [-0.15, -0.1) is 0 Å². The molecule has 0 aromatic rings. The standard InChI is InChI=1S/C23H51N2O.ClH/c1-4-5-6-7-8-9-10-11-12-13-14-15-16-17-19-24-20-18-21-25(2,3)22-23-26;/h24,26H,4-23H2,1-3H3;1H/q+1;/p-1. The van der Waals surface area contributed by atoms with E-state index in [1.165, 1.54) is 103 Å². The lowest BCUT2D eigenvalue weighted by molar-refractivity contribution is -0.890. The molecule has 0 saturated carbocycles. The lowest BCUT2D eigenvalue weighted by Gasteiger charge is -2.28. The van der Waals surface area contributed by atoms with Crippen molar-refractivity contribution in [1.29, 1.82) is 0 Å². The highest BCUT2D eigenvalue weighted by Crippen LogP contribution is 2.12. The molecule has 166 valence electrons. The highest BCUT2D eigenvalue weighted by molar-refractivity contribution is 4.52. The Bertz CT molecular complexity index is 275. The highest BCUT2D eigenvalue weighted by atomic mass is 35.5. The first-order valence-corrected chi connectivity index (χ1v) is 11.8. The van der Waals surface area contributed by atoms with Gasteiger partial charge >= 0.3 is 0 Å². The summed E-state index contributed by atoms with van der Waals surface area (Å²) in [6.45, 7) is 6.88. The number of aliphatic hydroxyl groups is 1. The van der Waals surface area contributed by atoms with E-state index in [2.05, 4.69) is 26.3 Å². The summed E-state index contributed by atoms with van der Waals surface area (Å²) < 4.78 is 0.928. The van der Waals surface area contributed by atoms with Gasteiger partial charge in [0.1, 0.15) is 6.54 Å². The van der Waals surface area contributed by atoms with Gasteiger partial charge in [-0.3, -0.25) is 0 Å². The molecular formula is C23H51ClN2O. The second-order valence-electron chi connectivity index (χ2n) is 8.81. The van der Waals surface area contributed by atoms with Crippen molar-refractivity contribution in [1.82, 2.24) is 5.32 Å². The van der Waals surface area contributed by atoms with Gasteiger partial charge in [0, 0.05) is 13.0 Å². The van der Waals surface area contributed by atoms with Gasteiger partial charge in [0.05, 0.1) is 27.2 Å².